The van der Waals surface area contributed by atoms with E-state index >= 15 is 0 Å². The fraction of sp³-hybridized carbons (Fsp3) is 0.121. The van der Waals surface area contributed by atoms with Crippen molar-refractivity contribution in [1.29, 1.82) is 0 Å². The van der Waals surface area contributed by atoms with Gasteiger partial charge < -0.3 is 0 Å². The third kappa shape index (κ3) is 5.58. The molecular formula is C66H48N2. The second-order valence-electron chi connectivity index (χ2n) is 20.3. The van der Waals surface area contributed by atoms with Gasteiger partial charge in [0, 0.05) is 38.3 Å². The third-order valence-corrected chi connectivity index (χ3v) is 16.0. The molecule has 322 valence electrons. The van der Waals surface area contributed by atoms with E-state index < -0.39 is 0 Å². The van der Waals surface area contributed by atoms with Crippen LogP contribution in [-0.4, -0.2) is 10.7 Å². The first kappa shape index (κ1) is 39.2. The van der Waals surface area contributed by atoms with E-state index in [2.05, 4.69) is 222 Å². The van der Waals surface area contributed by atoms with Crippen LogP contribution in [0.3, 0.4) is 0 Å². The molecular weight excluding hydrogens is 821 g/mol. The summed E-state index contributed by atoms with van der Waals surface area (Å²) in [6.45, 7) is 9.47. The average molecular weight is 869 g/mol. The number of pyridine rings is 1. The number of hydrogen-bond acceptors (Lipinski definition) is 2. The summed E-state index contributed by atoms with van der Waals surface area (Å²) >= 11 is 0. The van der Waals surface area contributed by atoms with Crippen LogP contribution in [-0.2, 0) is 17.3 Å². The molecule has 0 amide bonds. The zero-order valence-corrected chi connectivity index (χ0v) is 38.8. The van der Waals surface area contributed by atoms with Crippen molar-refractivity contribution in [2.24, 2.45) is 4.99 Å². The molecule has 1 aromatic heterocycles. The number of hydrogen-bond donors (Lipinski definition) is 0. The Morgan fingerprint density at radius 1 is 0.338 bits per heavy atom. The van der Waals surface area contributed by atoms with Crippen molar-refractivity contribution in [1.82, 2.24) is 4.98 Å². The van der Waals surface area contributed by atoms with E-state index in [1.807, 2.05) is 0 Å². The summed E-state index contributed by atoms with van der Waals surface area (Å²) in [7, 11) is 0. The molecule has 11 aromatic rings. The van der Waals surface area contributed by atoms with Gasteiger partial charge in [-0.1, -0.05) is 198 Å². The summed E-state index contributed by atoms with van der Waals surface area (Å²) in [6.07, 6.45) is 1.87. The molecule has 3 aliphatic rings. The molecule has 0 saturated heterocycles. The Hall–Kier alpha value is -7.94. The lowest BCUT2D eigenvalue weighted by atomic mass is 9.81. The van der Waals surface area contributed by atoms with Crippen LogP contribution in [0.2, 0.25) is 0 Å². The lowest BCUT2D eigenvalue weighted by molar-refractivity contribution is 0.660. The van der Waals surface area contributed by atoms with E-state index in [-0.39, 0.29) is 10.8 Å². The van der Waals surface area contributed by atoms with E-state index in [9.17, 15) is 0 Å². The number of benzene rings is 10. The highest BCUT2D eigenvalue weighted by Gasteiger charge is 2.37. The van der Waals surface area contributed by atoms with E-state index in [0.717, 1.165) is 51.8 Å². The molecule has 2 nitrogen and oxygen atoms in total. The highest BCUT2D eigenvalue weighted by Crippen LogP contribution is 2.52. The number of rotatable bonds is 4. The van der Waals surface area contributed by atoms with Crippen LogP contribution < -0.4 is 0 Å². The van der Waals surface area contributed by atoms with E-state index in [1.165, 1.54) is 105 Å². The summed E-state index contributed by atoms with van der Waals surface area (Å²) in [5.74, 6) is 0. The number of nitrogens with zero attached hydrogens (tertiary/aromatic N) is 2. The zero-order valence-electron chi connectivity index (χ0n) is 38.8. The Kier molecular flexibility index (Phi) is 8.24. The standard InChI is InChI=1S/C66H48N2/c1-65(2)57-23-13-11-19-47(57)49-31-29-41(35-59(49)65)55-38-62(42-30-32-50-48-20-12-14-24-58(48)66(3,4)60(50)36-42)68-64-52-22-10-8-18-46(52)54(37-56(55)64)39-25-27-40(28-26-39)61-34-33-53-45-17-6-5-15-43(45)44-16-7-9-21-51(44)63(53)67-61/h5-32,35-38H,33-34H2,1-4H3. The molecule has 2 heteroatoms. The maximum atomic E-state index is 5.67. The topological polar surface area (TPSA) is 25.2 Å². The van der Waals surface area contributed by atoms with Gasteiger partial charge in [-0.25, -0.2) is 4.98 Å². The van der Waals surface area contributed by atoms with Crippen LogP contribution in [0.4, 0.5) is 5.69 Å². The Bertz CT molecular complexity index is 4010. The lowest BCUT2D eigenvalue weighted by Crippen LogP contribution is -2.15. The first-order valence-corrected chi connectivity index (χ1v) is 24.2. The van der Waals surface area contributed by atoms with Crippen molar-refractivity contribution in [3.63, 3.8) is 0 Å². The molecule has 0 unspecified atom stereocenters. The van der Waals surface area contributed by atoms with Gasteiger partial charge in [0.1, 0.15) is 0 Å². The van der Waals surface area contributed by atoms with E-state index in [1.54, 1.807) is 0 Å². The summed E-state index contributed by atoms with van der Waals surface area (Å²) in [5.41, 5.74) is 23.3. The highest BCUT2D eigenvalue weighted by molar-refractivity contribution is 6.18. The van der Waals surface area contributed by atoms with Gasteiger partial charge in [0.2, 0.25) is 0 Å². The molecule has 14 rings (SSSR count). The molecule has 0 fully saturated rings. The van der Waals surface area contributed by atoms with E-state index in [0.29, 0.717) is 0 Å². The average Bonchev–Trinajstić information content (AvgIpc) is 3.76. The van der Waals surface area contributed by atoms with Crippen molar-refractivity contribution >= 4 is 54.6 Å². The van der Waals surface area contributed by atoms with Crippen LogP contribution >= 0.6 is 0 Å². The van der Waals surface area contributed by atoms with Gasteiger partial charge in [0.15, 0.2) is 0 Å². The lowest BCUT2D eigenvalue weighted by Gasteiger charge is -2.23. The number of aryl methyl sites for hydroxylation is 1. The summed E-state index contributed by atoms with van der Waals surface area (Å²) < 4.78 is 0. The predicted molar refractivity (Wildman–Crippen MR) is 287 cm³/mol. The van der Waals surface area contributed by atoms with Crippen molar-refractivity contribution in [2.45, 2.75) is 51.4 Å². The van der Waals surface area contributed by atoms with Gasteiger partial charge in [-0.05, 0) is 137 Å². The number of aromatic nitrogens is 1. The van der Waals surface area contributed by atoms with Crippen LogP contribution in [0.1, 0.15) is 67.5 Å². The minimum absolute atomic E-state index is 0.114. The minimum Gasteiger partial charge on any atom is -0.252 e. The molecule has 68 heavy (non-hydrogen) atoms. The molecule has 2 heterocycles. The second-order valence-corrected chi connectivity index (χ2v) is 20.3. The minimum atomic E-state index is -0.126. The molecule has 0 bridgehead atoms. The molecule has 0 saturated carbocycles. The van der Waals surface area contributed by atoms with Gasteiger partial charge >= 0.3 is 0 Å². The second kappa shape index (κ2) is 14.3. The summed E-state index contributed by atoms with van der Waals surface area (Å²) in [5, 5.41) is 8.63. The Morgan fingerprint density at radius 3 is 1.50 bits per heavy atom. The van der Waals surface area contributed by atoms with Crippen LogP contribution in [0.25, 0.3) is 99.0 Å². The molecule has 0 spiro atoms. The fourth-order valence-electron chi connectivity index (χ4n) is 12.5. The first-order chi connectivity index (χ1) is 33.2. The molecule has 1 aliphatic heterocycles. The van der Waals surface area contributed by atoms with Gasteiger partial charge in [-0.3, -0.25) is 4.99 Å². The maximum absolute atomic E-state index is 5.67. The third-order valence-electron chi connectivity index (χ3n) is 16.0. The SMILES string of the molecule is CC1(C)c2ccccc2-c2ccc(-c3cc(-c4ccc5c(c4)C(C)(C)c4ccccc4-5)c4cc(-c5ccc(C6=Nc7c(c8ccccc8c8ccccc78)CC6)cc5)c5ccccc5c4n3)cc21. The van der Waals surface area contributed by atoms with Crippen LogP contribution in [0, 0.1) is 0 Å². The number of fused-ring (bicyclic) bond motifs is 15. The van der Waals surface area contributed by atoms with E-state index in [4.69, 9.17) is 9.98 Å². The fourth-order valence-corrected chi connectivity index (χ4v) is 12.5. The molecule has 2 aliphatic carbocycles. The van der Waals surface area contributed by atoms with Crippen LogP contribution in [0.15, 0.2) is 199 Å². The van der Waals surface area contributed by atoms with Gasteiger partial charge in [-0.2, -0.15) is 0 Å². The summed E-state index contributed by atoms with van der Waals surface area (Å²) in [6, 6.07) is 72.4. The predicted octanol–water partition coefficient (Wildman–Crippen LogP) is 17.4. The first-order valence-electron chi connectivity index (χ1n) is 24.2. The molecule has 10 aromatic carbocycles. The van der Waals surface area contributed by atoms with Crippen molar-refractivity contribution in [3.05, 3.63) is 228 Å². The highest BCUT2D eigenvalue weighted by atomic mass is 14.8. The smallest absolute Gasteiger partial charge is 0.0794 e. The Morgan fingerprint density at radius 2 is 0.824 bits per heavy atom. The Labute approximate surface area is 397 Å². The normalized spacial score (nSPS) is 15.0. The molecule has 0 atom stereocenters. The van der Waals surface area contributed by atoms with Crippen molar-refractivity contribution in [3.8, 4) is 55.8 Å². The van der Waals surface area contributed by atoms with Gasteiger partial charge in [0.05, 0.1) is 16.9 Å². The molecule has 0 radical (unpaired) electrons. The maximum Gasteiger partial charge on any atom is 0.0794 e. The monoisotopic (exact) mass is 868 g/mol. The summed E-state index contributed by atoms with van der Waals surface area (Å²) in [4.78, 5) is 11.1. The largest absolute Gasteiger partial charge is 0.252 e. The Balaban J connectivity index is 0.944. The zero-order chi connectivity index (χ0) is 45.5. The van der Waals surface area contributed by atoms with Gasteiger partial charge in [-0.15, -0.1) is 0 Å². The van der Waals surface area contributed by atoms with Crippen LogP contribution in [0.5, 0.6) is 0 Å². The van der Waals surface area contributed by atoms with Gasteiger partial charge in [0.25, 0.3) is 0 Å². The quantitative estimate of drug-likeness (QED) is 0.162. The van der Waals surface area contributed by atoms with Crippen molar-refractivity contribution < 1.29 is 0 Å². The van der Waals surface area contributed by atoms with Crippen molar-refractivity contribution in [2.75, 3.05) is 0 Å². The number of aliphatic imine (C=N–C) groups is 1. The molecule has 0 N–H and O–H groups in total.